The Labute approximate surface area is 85.7 Å². The van der Waals surface area contributed by atoms with E-state index in [2.05, 4.69) is 29.5 Å². The molecule has 14 heavy (non-hydrogen) atoms. The molecule has 0 saturated heterocycles. The van der Waals surface area contributed by atoms with Crippen molar-refractivity contribution in [2.45, 2.75) is 32.7 Å². The van der Waals surface area contributed by atoms with E-state index in [0.717, 1.165) is 18.5 Å². The second kappa shape index (κ2) is 5.10. The van der Waals surface area contributed by atoms with Crippen molar-refractivity contribution in [3.05, 3.63) is 11.9 Å². The molecule has 0 aliphatic heterocycles. The molecule has 1 N–H and O–H groups in total. The zero-order valence-corrected chi connectivity index (χ0v) is 9.49. The van der Waals surface area contributed by atoms with Gasteiger partial charge in [0.05, 0.1) is 5.69 Å². The van der Waals surface area contributed by atoms with Crippen LogP contribution in [0, 0.1) is 5.92 Å². The van der Waals surface area contributed by atoms with Crippen molar-refractivity contribution in [3.8, 4) is 0 Å². The molecule has 0 aliphatic carbocycles. The van der Waals surface area contributed by atoms with Crippen molar-refractivity contribution in [3.63, 3.8) is 0 Å². The molecule has 4 nitrogen and oxygen atoms in total. The standard InChI is InChI=1S/C10H20N4/c1-8(2)10(11-3)6-5-9-7-14(4)13-12-9/h7-8,10-11H,5-6H2,1-4H3. The largest absolute Gasteiger partial charge is 0.317 e. The molecule has 4 heteroatoms. The Bertz CT molecular complexity index is 267. The highest BCUT2D eigenvalue weighted by Gasteiger charge is 2.11. The van der Waals surface area contributed by atoms with Gasteiger partial charge in [0.15, 0.2) is 0 Å². The Kier molecular flexibility index (Phi) is 4.07. The van der Waals surface area contributed by atoms with Crippen LogP contribution in [0.5, 0.6) is 0 Å². The van der Waals surface area contributed by atoms with Gasteiger partial charge in [-0.2, -0.15) is 0 Å². The van der Waals surface area contributed by atoms with E-state index in [4.69, 9.17) is 0 Å². The summed E-state index contributed by atoms with van der Waals surface area (Å²) in [7, 11) is 3.91. The van der Waals surface area contributed by atoms with Crippen LogP contribution in [-0.4, -0.2) is 28.1 Å². The topological polar surface area (TPSA) is 42.7 Å². The summed E-state index contributed by atoms with van der Waals surface area (Å²) in [5.74, 6) is 0.664. The molecule has 1 heterocycles. The van der Waals surface area contributed by atoms with Crippen molar-refractivity contribution in [1.82, 2.24) is 20.3 Å². The normalized spacial score (nSPS) is 13.5. The van der Waals surface area contributed by atoms with E-state index in [1.165, 1.54) is 0 Å². The van der Waals surface area contributed by atoms with Crippen molar-refractivity contribution < 1.29 is 0 Å². The fourth-order valence-corrected chi connectivity index (χ4v) is 1.62. The summed E-state index contributed by atoms with van der Waals surface area (Å²) in [6.45, 7) is 4.47. The first-order valence-corrected chi connectivity index (χ1v) is 5.16. The predicted molar refractivity (Wildman–Crippen MR) is 57.0 cm³/mol. The average Bonchev–Trinajstić information content (AvgIpc) is 2.52. The third-order valence-electron chi connectivity index (χ3n) is 2.54. The third-order valence-corrected chi connectivity index (χ3v) is 2.54. The SMILES string of the molecule is CNC(CCc1cn(C)nn1)C(C)C. The molecule has 0 radical (unpaired) electrons. The maximum absolute atomic E-state index is 4.07. The molecule has 0 aliphatic rings. The van der Waals surface area contributed by atoms with Crippen molar-refractivity contribution in [1.29, 1.82) is 0 Å². The molecule has 0 spiro atoms. The van der Waals surface area contributed by atoms with E-state index >= 15 is 0 Å². The van der Waals surface area contributed by atoms with Gasteiger partial charge < -0.3 is 5.32 Å². The molecule has 0 fully saturated rings. The fraction of sp³-hybridized carbons (Fsp3) is 0.800. The van der Waals surface area contributed by atoms with Gasteiger partial charge >= 0.3 is 0 Å². The van der Waals surface area contributed by atoms with Gasteiger partial charge in [0.2, 0.25) is 0 Å². The summed E-state index contributed by atoms with van der Waals surface area (Å²) in [5, 5.41) is 11.3. The number of aryl methyl sites for hydroxylation is 2. The van der Waals surface area contributed by atoms with Gasteiger partial charge in [0, 0.05) is 19.3 Å². The first-order chi connectivity index (χ1) is 6.63. The van der Waals surface area contributed by atoms with Crippen LogP contribution in [0.25, 0.3) is 0 Å². The fourth-order valence-electron chi connectivity index (χ4n) is 1.62. The average molecular weight is 196 g/mol. The second-order valence-electron chi connectivity index (χ2n) is 4.06. The van der Waals surface area contributed by atoms with Crippen LogP contribution < -0.4 is 5.32 Å². The lowest BCUT2D eigenvalue weighted by molar-refractivity contribution is 0.401. The zero-order chi connectivity index (χ0) is 10.6. The van der Waals surface area contributed by atoms with Gasteiger partial charge in [-0.25, -0.2) is 0 Å². The molecule has 1 aromatic heterocycles. The first-order valence-electron chi connectivity index (χ1n) is 5.16. The molecule has 80 valence electrons. The van der Waals surface area contributed by atoms with E-state index in [-0.39, 0.29) is 0 Å². The Morgan fingerprint density at radius 2 is 2.21 bits per heavy atom. The van der Waals surface area contributed by atoms with Gasteiger partial charge in [-0.15, -0.1) is 5.10 Å². The number of hydrogen-bond acceptors (Lipinski definition) is 3. The Balaban J connectivity index is 2.39. The Morgan fingerprint density at radius 1 is 1.50 bits per heavy atom. The van der Waals surface area contributed by atoms with E-state index in [1.54, 1.807) is 4.68 Å². The first kappa shape index (κ1) is 11.2. The highest BCUT2D eigenvalue weighted by molar-refractivity contribution is 4.93. The third kappa shape index (κ3) is 3.10. The quantitative estimate of drug-likeness (QED) is 0.763. The lowest BCUT2D eigenvalue weighted by Gasteiger charge is -2.19. The summed E-state index contributed by atoms with van der Waals surface area (Å²) in [5.41, 5.74) is 1.08. The molecule has 1 unspecified atom stereocenters. The van der Waals surface area contributed by atoms with Gasteiger partial charge in [0.1, 0.15) is 0 Å². The summed E-state index contributed by atoms with van der Waals surface area (Å²) in [6, 6.07) is 0.567. The van der Waals surface area contributed by atoms with Gasteiger partial charge in [-0.1, -0.05) is 19.1 Å². The van der Waals surface area contributed by atoms with Crippen molar-refractivity contribution >= 4 is 0 Å². The van der Waals surface area contributed by atoms with E-state index in [0.29, 0.717) is 12.0 Å². The smallest absolute Gasteiger partial charge is 0.0827 e. The molecule has 1 rings (SSSR count). The molecule has 0 saturated carbocycles. The molecule has 1 aromatic rings. The number of hydrogen-bond donors (Lipinski definition) is 1. The maximum Gasteiger partial charge on any atom is 0.0827 e. The zero-order valence-electron chi connectivity index (χ0n) is 9.49. The second-order valence-corrected chi connectivity index (χ2v) is 4.06. The van der Waals surface area contributed by atoms with Crippen LogP contribution >= 0.6 is 0 Å². The van der Waals surface area contributed by atoms with Crippen LogP contribution in [0.3, 0.4) is 0 Å². The molecule has 1 atom stereocenters. The van der Waals surface area contributed by atoms with Crippen LogP contribution in [0.4, 0.5) is 0 Å². The monoisotopic (exact) mass is 196 g/mol. The van der Waals surface area contributed by atoms with Gasteiger partial charge in [0.25, 0.3) is 0 Å². The summed E-state index contributed by atoms with van der Waals surface area (Å²) in [6.07, 6.45) is 4.09. The van der Waals surface area contributed by atoms with E-state index in [9.17, 15) is 0 Å². The van der Waals surface area contributed by atoms with Crippen LogP contribution in [0.1, 0.15) is 26.0 Å². The molecule has 0 aromatic carbocycles. The Hall–Kier alpha value is -0.900. The van der Waals surface area contributed by atoms with E-state index < -0.39 is 0 Å². The van der Waals surface area contributed by atoms with E-state index in [1.807, 2.05) is 20.3 Å². The minimum absolute atomic E-state index is 0.567. The molecular formula is C10H20N4. The number of aromatic nitrogens is 3. The summed E-state index contributed by atoms with van der Waals surface area (Å²) >= 11 is 0. The van der Waals surface area contributed by atoms with Crippen LogP contribution in [0.15, 0.2) is 6.20 Å². The lowest BCUT2D eigenvalue weighted by Crippen LogP contribution is -2.31. The van der Waals surface area contributed by atoms with Crippen molar-refractivity contribution in [2.75, 3.05) is 7.05 Å². The number of rotatable bonds is 5. The number of nitrogens with one attached hydrogen (secondary N) is 1. The molecule has 0 amide bonds. The van der Waals surface area contributed by atoms with Gasteiger partial charge in [-0.05, 0) is 25.8 Å². The van der Waals surface area contributed by atoms with Crippen LogP contribution in [-0.2, 0) is 13.5 Å². The highest BCUT2D eigenvalue weighted by atomic mass is 15.4. The van der Waals surface area contributed by atoms with Crippen molar-refractivity contribution in [2.24, 2.45) is 13.0 Å². The highest BCUT2D eigenvalue weighted by Crippen LogP contribution is 2.08. The summed E-state index contributed by atoms with van der Waals surface area (Å²) in [4.78, 5) is 0. The minimum Gasteiger partial charge on any atom is -0.317 e. The maximum atomic E-state index is 4.07. The molecule has 0 bridgehead atoms. The van der Waals surface area contributed by atoms with Crippen LogP contribution in [0.2, 0.25) is 0 Å². The number of nitrogens with zero attached hydrogens (tertiary/aromatic N) is 3. The summed E-state index contributed by atoms with van der Waals surface area (Å²) < 4.78 is 1.75. The van der Waals surface area contributed by atoms with Gasteiger partial charge in [-0.3, -0.25) is 4.68 Å². The lowest BCUT2D eigenvalue weighted by atomic mass is 9.99. The predicted octanol–water partition coefficient (Wildman–Crippen LogP) is 0.992. The molecular weight excluding hydrogens is 176 g/mol. The Morgan fingerprint density at radius 3 is 2.64 bits per heavy atom. The minimum atomic E-state index is 0.567.